The molecule has 2 aromatic rings. The molecule has 0 saturated carbocycles. The van der Waals surface area contributed by atoms with Crippen LogP contribution in [0.4, 0.5) is 0 Å². The number of fused-ring (bicyclic) bond motifs is 1. The van der Waals surface area contributed by atoms with E-state index in [-0.39, 0.29) is 6.10 Å². The third-order valence-electron chi connectivity index (χ3n) is 3.83. The van der Waals surface area contributed by atoms with E-state index in [1.165, 1.54) is 29.2 Å². The van der Waals surface area contributed by atoms with E-state index in [2.05, 4.69) is 52.3 Å². The third-order valence-corrected chi connectivity index (χ3v) is 4.39. The summed E-state index contributed by atoms with van der Waals surface area (Å²) < 4.78 is 11.7. The SMILES string of the molecule is BrCc1c(OCC2CCCCO2)ccc2ccccc12. The van der Waals surface area contributed by atoms with E-state index in [0.717, 1.165) is 24.1 Å². The van der Waals surface area contributed by atoms with E-state index < -0.39 is 0 Å². The Morgan fingerprint density at radius 3 is 2.85 bits per heavy atom. The van der Waals surface area contributed by atoms with Gasteiger partial charge in [0.1, 0.15) is 12.4 Å². The smallest absolute Gasteiger partial charge is 0.124 e. The first-order valence-electron chi connectivity index (χ1n) is 7.19. The van der Waals surface area contributed by atoms with Gasteiger partial charge in [0, 0.05) is 17.5 Å². The summed E-state index contributed by atoms with van der Waals surface area (Å²) in [6.45, 7) is 1.52. The Morgan fingerprint density at radius 1 is 1.15 bits per heavy atom. The predicted octanol–water partition coefficient (Wildman–Crippen LogP) is 4.68. The number of alkyl halides is 1. The monoisotopic (exact) mass is 334 g/mol. The van der Waals surface area contributed by atoms with Gasteiger partial charge in [0.25, 0.3) is 0 Å². The highest BCUT2D eigenvalue weighted by Crippen LogP contribution is 2.30. The van der Waals surface area contributed by atoms with Crippen molar-refractivity contribution in [2.45, 2.75) is 30.7 Å². The summed E-state index contributed by atoms with van der Waals surface area (Å²) in [5, 5.41) is 3.31. The molecule has 1 atom stereocenters. The molecule has 20 heavy (non-hydrogen) atoms. The van der Waals surface area contributed by atoms with Crippen LogP contribution in [-0.2, 0) is 10.1 Å². The quantitative estimate of drug-likeness (QED) is 0.755. The van der Waals surface area contributed by atoms with Gasteiger partial charge in [0.15, 0.2) is 0 Å². The van der Waals surface area contributed by atoms with Crippen LogP contribution in [0.3, 0.4) is 0 Å². The maximum Gasteiger partial charge on any atom is 0.124 e. The maximum absolute atomic E-state index is 6.02. The molecule has 3 heteroatoms. The summed E-state index contributed by atoms with van der Waals surface area (Å²) in [7, 11) is 0. The highest BCUT2D eigenvalue weighted by molar-refractivity contribution is 9.08. The lowest BCUT2D eigenvalue weighted by molar-refractivity contribution is -0.0111. The molecule has 0 aliphatic carbocycles. The molecule has 2 aromatic carbocycles. The lowest BCUT2D eigenvalue weighted by atomic mass is 10.0. The van der Waals surface area contributed by atoms with Crippen molar-refractivity contribution < 1.29 is 9.47 Å². The van der Waals surface area contributed by atoms with Gasteiger partial charge in [-0.1, -0.05) is 46.3 Å². The molecule has 1 unspecified atom stereocenters. The van der Waals surface area contributed by atoms with Crippen LogP contribution in [0.2, 0.25) is 0 Å². The van der Waals surface area contributed by atoms with Crippen molar-refractivity contribution in [3.63, 3.8) is 0 Å². The number of benzene rings is 2. The zero-order chi connectivity index (χ0) is 13.8. The van der Waals surface area contributed by atoms with E-state index in [0.29, 0.717) is 6.61 Å². The average molecular weight is 335 g/mol. The van der Waals surface area contributed by atoms with Crippen LogP contribution in [0.1, 0.15) is 24.8 Å². The molecule has 1 saturated heterocycles. The minimum atomic E-state index is 0.249. The summed E-state index contributed by atoms with van der Waals surface area (Å²) in [5.74, 6) is 0.967. The number of hydrogen-bond acceptors (Lipinski definition) is 2. The maximum atomic E-state index is 6.02. The fourth-order valence-corrected chi connectivity index (χ4v) is 3.29. The molecule has 0 aromatic heterocycles. The topological polar surface area (TPSA) is 18.5 Å². The van der Waals surface area contributed by atoms with Crippen molar-refractivity contribution in [2.24, 2.45) is 0 Å². The van der Waals surface area contributed by atoms with Crippen LogP contribution < -0.4 is 4.74 Å². The minimum Gasteiger partial charge on any atom is -0.491 e. The molecule has 3 rings (SSSR count). The Hall–Kier alpha value is -1.06. The van der Waals surface area contributed by atoms with Crippen LogP contribution in [-0.4, -0.2) is 19.3 Å². The van der Waals surface area contributed by atoms with Crippen molar-refractivity contribution in [3.8, 4) is 5.75 Å². The Labute approximate surface area is 128 Å². The normalized spacial score (nSPS) is 19.1. The second-order valence-electron chi connectivity index (χ2n) is 5.20. The van der Waals surface area contributed by atoms with E-state index in [1.807, 2.05) is 0 Å². The fraction of sp³-hybridized carbons (Fsp3) is 0.412. The summed E-state index contributed by atoms with van der Waals surface area (Å²) in [5.41, 5.74) is 1.22. The molecule has 0 amide bonds. The van der Waals surface area contributed by atoms with Crippen LogP contribution in [0.5, 0.6) is 5.75 Å². The largest absolute Gasteiger partial charge is 0.491 e. The summed E-state index contributed by atoms with van der Waals surface area (Å²) in [4.78, 5) is 0. The van der Waals surface area contributed by atoms with Crippen molar-refractivity contribution in [1.29, 1.82) is 0 Å². The van der Waals surface area contributed by atoms with Crippen molar-refractivity contribution >= 4 is 26.7 Å². The number of ether oxygens (including phenoxy) is 2. The summed E-state index contributed by atoms with van der Waals surface area (Å²) in [6.07, 6.45) is 3.78. The molecule has 106 valence electrons. The Kier molecular flexibility index (Phi) is 4.58. The van der Waals surface area contributed by atoms with E-state index >= 15 is 0 Å². The number of rotatable bonds is 4. The lowest BCUT2D eigenvalue weighted by Gasteiger charge is -2.23. The van der Waals surface area contributed by atoms with Gasteiger partial charge in [-0.2, -0.15) is 0 Å². The Balaban J connectivity index is 1.80. The summed E-state index contributed by atoms with van der Waals surface area (Å²) in [6, 6.07) is 12.6. The number of halogens is 1. The Morgan fingerprint density at radius 2 is 2.05 bits per heavy atom. The third kappa shape index (κ3) is 2.99. The predicted molar refractivity (Wildman–Crippen MR) is 85.7 cm³/mol. The van der Waals surface area contributed by atoms with Gasteiger partial charge in [-0.05, 0) is 36.1 Å². The first-order valence-corrected chi connectivity index (χ1v) is 8.31. The van der Waals surface area contributed by atoms with Crippen LogP contribution in [0, 0.1) is 0 Å². The fourth-order valence-electron chi connectivity index (χ4n) is 2.71. The molecular weight excluding hydrogens is 316 g/mol. The second kappa shape index (κ2) is 6.59. The van der Waals surface area contributed by atoms with Gasteiger partial charge >= 0.3 is 0 Å². The molecule has 1 aliphatic rings. The van der Waals surface area contributed by atoms with Crippen LogP contribution in [0.25, 0.3) is 10.8 Å². The van der Waals surface area contributed by atoms with E-state index in [1.54, 1.807) is 0 Å². The molecule has 1 fully saturated rings. The zero-order valence-corrected chi connectivity index (χ0v) is 13.1. The van der Waals surface area contributed by atoms with Gasteiger partial charge in [0.05, 0.1) is 6.10 Å². The minimum absolute atomic E-state index is 0.249. The first kappa shape index (κ1) is 13.9. The zero-order valence-electron chi connectivity index (χ0n) is 11.5. The summed E-state index contributed by atoms with van der Waals surface area (Å²) >= 11 is 3.58. The van der Waals surface area contributed by atoms with Crippen LogP contribution >= 0.6 is 15.9 Å². The number of hydrogen-bond donors (Lipinski definition) is 0. The van der Waals surface area contributed by atoms with Crippen molar-refractivity contribution in [2.75, 3.05) is 13.2 Å². The van der Waals surface area contributed by atoms with Crippen LogP contribution in [0.15, 0.2) is 36.4 Å². The van der Waals surface area contributed by atoms with Gasteiger partial charge in [-0.15, -0.1) is 0 Å². The van der Waals surface area contributed by atoms with Crippen molar-refractivity contribution in [1.82, 2.24) is 0 Å². The molecule has 0 N–H and O–H groups in total. The Bertz CT molecular complexity index is 576. The van der Waals surface area contributed by atoms with Crippen molar-refractivity contribution in [3.05, 3.63) is 42.0 Å². The molecule has 2 nitrogen and oxygen atoms in total. The lowest BCUT2D eigenvalue weighted by Crippen LogP contribution is -2.26. The standard InChI is InChI=1S/C17H19BrO2/c18-11-16-15-7-2-1-5-13(15)8-9-17(16)20-12-14-6-3-4-10-19-14/h1-2,5,7-9,14H,3-4,6,10-12H2. The molecular formula is C17H19BrO2. The van der Waals surface area contributed by atoms with Gasteiger partial charge in [-0.3, -0.25) is 0 Å². The van der Waals surface area contributed by atoms with Gasteiger partial charge in [-0.25, -0.2) is 0 Å². The highest BCUT2D eigenvalue weighted by atomic mass is 79.9. The average Bonchev–Trinajstić information content (AvgIpc) is 2.53. The molecule has 0 spiro atoms. The van der Waals surface area contributed by atoms with E-state index in [4.69, 9.17) is 9.47 Å². The molecule has 0 radical (unpaired) electrons. The highest BCUT2D eigenvalue weighted by Gasteiger charge is 2.15. The molecule has 1 aliphatic heterocycles. The van der Waals surface area contributed by atoms with Gasteiger partial charge < -0.3 is 9.47 Å². The first-order chi connectivity index (χ1) is 9.88. The molecule has 1 heterocycles. The molecule has 0 bridgehead atoms. The second-order valence-corrected chi connectivity index (χ2v) is 5.76. The van der Waals surface area contributed by atoms with Gasteiger partial charge in [0.2, 0.25) is 0 Å². The van der Waals surface area contributed by atoms with E-state index in [9.17, 15) is 0 Å².